The van der Waals surface area contributed by atoms with Crippen LogP contribution in [0.3, 0.4) is 0 Å². The van der Waals surface area contributed by atoms with Gasteiger partial charge in [-0.25, -0.2) is 4.79 Å². The molecule has 0 aromatic rings. The highest BCUT2D eigenvalue weighted by atomic mass is 127. The largest absolute Gasteiger partial charge is 0.444 e. The van der Waals surface area contributed by atoms with Gasteiger partial charge in [-0.2, -0.15) is 0 Å². The molecule has 1 fully saturated rings. The fraction of sp³-hybridized carbons (Fsp3) is 0.900. The molecule has 1 saturated carbocycles. The van der Waals surface area contributed by atoms with E-state index in [9.17, 15) is 9.90 Å². The maximum Gasteiger partial charge on any atom is 0.407 e. The number of alkyl carbamates (subject to hydrolysis) is 1. The molecule has 1 amide bonds. The minimum absolute atomic E-state index is 0. The normalized spacial score (nSPS) is 20.8. The Labute approximate surface area is 187 Å². The minimum atomic E-state index is -0.739. The van der Waals surface area contributed by atoms with Crippen molar-refractivity contribution in [1.29, 1.82) is 0 Å². The molecule has 0 aliphatic heterocycles. The molecule has 1 aliphatic carbocycles. The molecule has 0 aromatic carbocycles. The van der Waals surface area contributed by atoms with Crippen LogP contribution in [0.5, 0.6) is 0 Å². The summed E-state index contributed by atoms with van der Waals surface area (Å²) < 4.78 is 5.33. The van der Waals surface area contributed by atoms with Crippen LogP contribution >= 0.6 is 24.0 Å². The van der Waals surface area contributed by atoms with E-state index >= 15 is 0 Å². The monoisotopic (exact) mass is 512 g/mol. The van der Waals surface area contributed by atoms with Crippen LogP contribution in [-0.4, -0.2) is 53.5 Å². The fourth-order valence-electron chi connectivity index (χ4n) is 3.07. The Morgan fingerprint density at radius 1 is 1.04 bits per heavy atom. The van der Waals surface area contributed by atoms with Gasteiger partial charge in [0.2, 0.25) is 0 Å². The summed E-state index contributed by atoms with van der Waals surface area (Å²) in [5, 5.41) is 20.1. The standard InChI is InChI=1S/C20H40N4O3.HI/c1-7-20(26,8-2)14-22-17(21-9-3)23-15-10-12-16(13-11-15)24-18(25)27-19(4,5)6;/h15-16,26H,7-14H2,1-6H3,(H,24,25)(H2,21,22,23);1H. The molecule has 0 saturated heterocycles. The molecule has 8 heteroatoms. The number of nitrogens with one attached hydrogen (secondary N) is 3. The Morgan fingerprint density at radius 3 is 1.96 bits per heavy atom. The van der Waals surface area contributed by atoms with Crippen LogP contribution in [0.4, 0.5) is 4.79 Å². The number of carbonyl (C=O) groups is 1. The highest BCUT2D eigenvalue weighted by Gasteiger charge is 2.26. The quantitative estimate of drug-likeness (QED) is 0.238. The molecular weight excluding hydrogens is 471 g/mol. The molecule has 0 spiro atoms. The molecule has 0 atom stereocenters. The summed E-state index contributed by atoms with van der Waals surface area (Å²) in [6.07, 6.45) is 4.76. The number of hydrogen-bond donors (Lipinski definition) is 4. The van der Waals surface area contributed by atoms with Gasteiger partial charge in [0.05, 0.1) is 12.1 Å². The lowest BCUT2D eigenvalue weighted by atomic mass is 9.91. The fourth-order valence-corrected chi connectivity index (χ4v) is 3.07. The summed E-state index contributed by atoms with van der Waals surface area (Å²) in [7, 11) is 0. The van der Waals surface area contributed by atoms with Crippen molar-refractivity contribution in [3.63, 3.8) is 0 Å². The average molecular weight is 512 g/mol. The lowest BCUT2D eigenvalue weighted by molar-refractivity contribution is 0.0417. The smallest absolute Gasteiger partial charge is 0.407 e. The summed E-state index contributed by atoms with van der Waals surface area (Å²) in [6.45, 7) is 12.8. The van der Waals surface area contributed by atoms with E-state index in [1.807, 2.05) is 41.5 Å². The van der Waals surface area contributed by atoms with Gasteiger partial charge in [-0.15, -0.1) is 24.0 Å². The predicted molar refractivity (Wildman–Crippen MR) is 125 cm³/mol. The second-order valence-electron chi connectivity index (χ2n) is 8.47. The maximum atomic E-state index is 11.9. The van der Waals surface area contributed by atoms with Gasteiger partial charge < -0.3 is 25.8 Å². The first-order chi connectivity index (χ1) is 12.6. The SMILES string of the molecule is CCNC(=NCC(O)(CC)CC)NC1CCC(NC(=O)OC(C)(C)C)CC1.I. The number of rotatable bonds is 7. The van der Waals surface area contributed by atoms with E-state index in [1.54, 1.807) is 0 Å². The highest BCUT2D eigenvalue weighted by Crippen LogP contribution is 2.20. The number of nitrogens with zero attached hydrogens (tertiary/aromatic N) is 1. The predicted octanol–water partition coefficient (Wildman–Crippen LogP) is 3.55. The van der Waals surface area contributed by atoms with Crippen molar-refractivity contribution >= 4 is 36.0 Å². The zero-order valence-corrected chi connectivity index (χ0v) is 20.8. The summed E-state index contributed by atoms with van der Waals surface area (Å²) in [5.41, 5.74) is -1.21. The average Bonchev–Trinajstić information content (AvgIpc) is 2.59. The van der Waals surface area contributed by atoms with E-state index in [4.69, 9.17) is 4.74 Å². The van der Waals surface area contributed by atoms with Crippen LogP contribution in [-0.2, 0) is 4.74 Å². The van der Waals surface area contributed by atoms with Crippen LogP contribution in [0.1, 0.15) is 80.1 Å². The van der Waals surface area contributed by atoms with Crippen molar-refractivity contribution in [2.24, 2.45) is 4.99 Å². The lowest BCUT2D eigenvalue weighted by Gasteiger charge is -2.31. The number of amides is 1. The molecule has 166 valence electrons. The zero-order chi connectivity index (χ0) is 20.5. The van der Waals surface area contributed by atoms with Gasteiger partial charge >= 0.3 is 6.09 Å². The first-order valence-electron chi connectivity index (χ1n) is 10.4. The molecule has 0 unspecified atom stereocenters. The van der Waals surface area contributed by atoms with Gasteiger partial charge in [-0.05, 0) is 66.2 Å². The third-order valence-electron chi connectivity index (χ3n) is 4.98. The van der Waals surface area contributed by atoms with E-state index in [1.165, 1.54) is 0 Å². The first kappa shape index (κ1) is 27.2. The van der Waals surface area contributed by atoms with Crippen LogP contribution in [0.2, 0.25) is 0 Å². The Morgan fingerprint density at radius 2 is 1.54 bits per heavy atom. The third-order valence-corrected chi connectivity index (χ3v) is 4.98. The number of aliphatic imine (C=N–C) groups is 1. The van der Waals surface area contributed by atoms with E-state index in [0.29, 0.717) is 25.4 Å². The van der Waals surface area contributed by atoms with Crippen LogP contribution in [0, 0.1) is 0 Å². The Bertz CT molecular complexity index is 482. The van der Waals surface area contributed by atoms with Crippen LogP contribution in [0.25, 0.3) is 0 Å². The van der Waals surface area contributed by atoms with E-state index in [0.717, 1.165) is 38.2 Å². The van der Waals surface area contributed by atoms with Gasteiger partial charge in [0.25, 0.3) is 0 Å². The molecule has 1 rings (SSSR count). The Balaban J connectivity index is 0.00000729. The molecule has 0 radical (unpaired) electrons. The molecule has 0 heterocycles. The molecule has 7 nitrogen and oxygen atoms in total. The highest BCUT2D eigenvalue weighted by molar-refractivity contribution is 14.0. The summed E-state index contributed by atoms with van der Waals surface area (Å²) in [4.78, 5) is 16.5. The van der Waals surface area contributed by atoms with Gasteiger partial charge in [-0.1, -0.05) is 13.8 Å². The van der Waals surface area contributed by atoms with Gasteiger partial charge in [0.15, 0.2) is 5.96 Å². The number of aliphatic hydroxyl groups is 1. The number of ether oxygens (including phenoxy) is 1. The summed E-state index contributed by atoms with van der Waals surface area (Å²) in [5.74, 6) is 0.751. The Hall–Kier alpha value is -0.770. The Kier molecular flexibility index (Phi) is 12.4. The van der Waals surface area contributed by atoms with Crippen molar-refractivity contribution in [2.45, 2.75) is 103 Å². The van der Waals surface area contributed by atoms with E-state index in [-0.39, 0.29) is 36.1 Å². The van der Waals surface area contributed by atoms with Crippen molar-refractivity contribution < 1.29 is 14.6 Å². The van der Waals surface area contributed by atoms with Gasteiger partial charge in [0.1, 0.15) is 5.60 Å². The van der Waals surface area contributed by atoms with E-state index in [2.05, 4.69) is 20.9 Å². The number of hydrogen-bond acceptors (Lipinski definition) is 4. The first-order valence-corrected chi connectivity index (χ1v) is 10.4. The maximum absolute atomic E-state index is 11.9. The van der Waals surface area contributed by atoms with Crippen LogP contribution < -0.4 is 16.0 Å². The van der Waals surface area contributed by atoms with Crippen molar-refractivity contribution in [3.05, 3.63) is 0 Å². The summed E-state index contributed by atoms with van der Waals surface area (Å²) in [6, 6.07) is 0.471. The lowest BCUT2D eigenvalue weighted by Crippen LogP contribution is -2.48. The van der Waals surface area contributed by atoms with Crippen LogP contribution in [0.15, 0.2) is 4.99 Å². The molecule has 1 aliphatic rings. The second kappa shape index (κ2) is 12.7. The van der Waals surface area contributed by atoms with Crippen molar-refractivity contribution in [1.82, 2.24) is 16.0 Å². The minimum Gasteiger partial charge on any atom is -0.444 e. The molecule has 0 aromatic heterocycles. The van der Waals surface area contributed by atoms with Crippen molar-refractivity contribution in [3.8, 4) is 0 Å². The number of guanidine groups is 1. The molecule has 4 N–H and O–H groups in total. The number of carbonyl (C=O) groups excluding carboxylic acids is 1. The summed E-state index contributed by atoms with van der Waals surface area (Å²) >= 11 is 0. The molecule has 28 heavy (non-hydrogen) atoms. The molecular formula is C20H41IN4O3. The topological polar surface area (TPSA) is 95.0 Å². The third kappa shape index (κ3) is 10.7. The molecule has 0 bridgehead atoms. The van der Waals surface area contributed by atoms with Gasteiger partial charge in [0, 0.05) is 18.6 Å². The van der Waals surface area contributed by atoms with Crippen molar-refractivity contribution in [2.75, 3.05) is 13.1 Å². The van der Waals surface area contributed by atoms with Gasteiger partial charge in [-0.3, -0.25) is 4.99 Å². The number of halogens is 1. The zero-order valence-electron chi connectivity index (χ0n) is 18.4. The second-order valence-corrected chi connectivity index (χ2v) is 8.47. The van der Waals surface area contributed by atoms with E-state index < -0.39 is 11.2 Å².